The summed E-state index contributed by atoms with van der Waals surface area (Å²) in [6.07, 6.45) is 0. The third-order valence-corrected chi connectivity index (χ3v) is 11.1. The molecule has 4 rings (SSSR count). The summed E-state index contributed by atoms with van der Waals surface area (Å²) in [4.78, 5) is 1.83. The summed E-state index contributed by atoms with van der Waals surface area (Å²) in [7, 11) is 0. The van der Waals surface area contributed by atoms with Gasteiger partial charge in [-0.1, -0.05) is 142 Å². The van der Waals surface area contributed by atoms with Crippen LogP contribution in [-0.2, 0) is 21.7 Å². The van der Waals surface area contributed by atoms with Crippen molar-refractivity contribution in [3.8, 4) is 11.5 Å². The quantitative estimate of drug-likeness (QED) is 0.143. The second-order valence-electron chi connectivity index (χ2n) is 14.9. The van der Waals surface area contributed by atoms with Crippen LogP contribution in [0.1, 0.15) is 103 Å². The first-order valence-corrected chi connectivity index (χ1v) is 17.5. The summed E-state index contributed by atoms with van der Waals surface area (Å²) in [5, 5.41) is 22.9. The minimum atomic E-state index is -0.208. The average molecular weight is 627 g/mol. The predicted octanol–water partition coefficient (Wildman–Crippen LogP) is 11.2. The highest BCUT2D eigenvalue weighted by Gasteiger charge is 2.30. The monoisotopic (exact) mass is 626 g/mol. The molecule has 0 unspecified atom stereocenters. The number of hydrogen-bond donors (Lipinski definition) is 2. The van der Waals surface area contributed by atoms with Crippen LogP contribution >= 0.6 is 23.5 Å². The van der Waals surface area contributed by atoms with Crippen molar-refractivity contribution in [3.63, 3.8) is 0 Å². The first kappa shape index (κ1) is 34.1. The summed E-state index contributed by atoms with van der Waals surface area (Å²) in [6, 6.07) is 29.9. The van der Waals surface area contributed by atoms with Crippen molar-refractivity contribution in [2.24, 2.45) is 0 Å². The van der Waals surface area contributed by atoms with Gasteiger partial charge in [0.1, 0.15) is 11.5 Å². The van der Waals surface area contributed by atoms with E-state index in [0.29, 0.717) is 11.5 Å². The molecule has 0 amide bonds. The van der Waals surface area contributed by atoms with Gasteiger partial charge < -0.3 is 10.2 Å². The molecule has 0 atom stereocenters. The van der Waals surface area contributed by atoms with Crippen LogP contribution in [0.3, 0.4) is 0 Å². The topological polar surface area (TPSA) is 40.5 Å². The molecule has 2 nitrogen and oxygen atoms in total. The summed E-state index contributed by atoms with van der Waals surface area (Å²) in [5.74, 6) is 2.36. The lowest BCUT2D eigenvalue weighted by Crippen LogP contribution is -2.21. The Labute approximate surface area is 274 Å². The van der Waals surface area contributed by atoms with E-state index >= 15 is 0 Å². The molecule has 0 aliphatic rings. The Morgan fingerprint density at radius 1 is 0.455 bits per heavy atom. The van der Waals surface area contributed by atoms with Crippen molar-refractivity contribution in [2.75, 3.05) is 11.5 Å². The van der Waals surface area contributed by atoms with Crippen molar-refractivity contribution in [1.82, 2.24) is 0 Å². The zero-order valence-corrected chi connectivity index (χ0v) is 29.8. The van der Waals surface area contributed by atoms with E-state index in [-0.39, 0.29) is 21.7 Å². The molecular weight excluding hydrogens is 577 g/mol. The van der Waals surface area contributed by atoms with Crippen LogP contribution in [0.15, 0.2) is 94.7 Å². The van der Waals surface area contributed by atoms with Gasteiger partial charge in [-0.2, -0.15) is 0 Å². The fourth-order valence-electron chi connectivity index (χ4n) is 5.65. The highest BCUT2D eigenvalue weighted by molar-refractivity contribution is 8.03. The van der Waals surface area contributed by atoms with Crippen LogP contribution < -0.4 is 0 Å². The van der Waals surface area contributed by atoms with Crippen molar-refractivity contribution in [3.05, 3.63) is 118 Å². The summed E-state index contributed by atoms with van der Waals surface area (Å²) >= 11 is 3.38. The minimum absolute atomic E-state index is 0.196. The van der Waals surface area contributed by atoms with E-state index in [1.54, 1.807) is 23.5 Å². The Morgan fingerprint density at radius 2 is 0.773 bits per heavy atom. The Balaban J connectivity index is 1.63. The van der Waals surface area contributed by atoms with Crippen LogP contribution in [0.2, 0.25) is 0 Å². The standard InChI is InChI=1S/C40H50O2S2/c1-37(2,3)31-23-29(39(7,8)27-17-13-11-14-18-27)25-33(35(31)41)43-21-22-44-34-26-30(24-32(36(34)42)38(4,5)6)40(9,10)28-19-15-12-16-20-28/h11-20,23-26,41-42H,21-22H2,1-10H3. The second kappa shape index (κ2) is 12.9. The van der Waals surface area contributed by atoms with Gasteiger partial charge in [0.15, 0.2) is 0 Å². The van der Waals surface area contributed by atoms with Gasteiger partial charge in [-0.15, -0.1) is 23.5 Å². The molecule has 0 heterocycles. The molecule has 4 aromatic rings. The highest BCUT2D eigenvalue weighted by atomic mass is 32.2. The third-order valence-electron chi connectivity index (χ3n) is 8.80. The Bertz CT molecular complexity index is 1450. The van der Waals surface area contributed by atoms with Gasteiger partial charge in [-0.05, 0) is 45.2 Å². The van der Waals surface area contributed by atoms with Crippen LogP contribution in [0.4, 0.5) is 0 Å². The van der Waals surface area contributed by atoms with E-state index in [1.807, 2.05) is 0 Å². The van der Waals surface area contributed by atoms with Crippen molar-refractivity contribution < 1.29 is 10.2 Å². The highest BCUT2D eigenvalue weighted by Crippen LogP contribution is 2.46. The van der Waals surface area contributed by atoms with Gasteiger partial charge in [0.05, 0.1) is 0 Å². The molecule has 4 heteroatoms. The first-order chi connectivity index (χ1) is 20.4. The van der Waals surface area contributed by atoms with E-state index in [1.165, 1.54) is 22.3 Å². The zero-order valence-electron chi connectivity index (χ0n) is 28.2. The third kappa shape index (κ3) is 7.35. The van der Waals surface area contributed by atoms with Crippen molar-refractivity contribution in [2.45, 2.75) is 101 Å². The molecule has 0 bridgehead atoms. The molecule has 2 N–H and O–H groups in total. The van der Waals surface area contributed by atoms with E-state index < -0.39 is 0 Å². The number of benzene rings is 4. The molecule has 0 aliphatic carbocycles. The molecular formula is C40H50O2S2. The molecule has 234 valence electrons. The van der Waals surface area contributed by atoms with Crippen LogP contribution in [0.25, 0.3) is 0 Å². The maximum Gasteiger partial charge on any atom is 0.132 e. The molecule has 0 saturated carbocycles. The number of phenols is 2. The lowest BCUT2D eigenvalue weighted by Gasteiger charge is -2.30. The lowest BCUT2D eigenvalue weighted by molar-refractivity contribution is 0.432. The largest absolute Gasteiger partial charge is 0.506 e. The Morgan fingerprint density at radius 3 is 1.07 bits per heavy atom. The number of rotatable bonds is 9. The fourth-order valence-corrected chi connectivity index (χ4v) is 7.67. The fraction of sp³-hybridized carbons (Fsp3) is 0.400. The predicted molar refractivity (Wildman–Crippen MR) is 192 cm³/mol. The summed E-state index contributed by atoms with van der Waals surface area (Å²) < 4.78 is 0. The normalized spacial score (nSPS) is 12.9. The number of thioether (sulfide) groups is 2. The molecule has 0 fully saturated rings. The Kier molecular flexibility index (Phi) is 9.98. The lowest BCUT2D eigenvalue weighted by atomic mass is 9.75. The number of phenolic OH excluding ortho intramolecular Hbond substituents is 2. The molecule has 0 aliphatic heterocycles. The number of aromatic hydroxyl groups is 2. The van der Waals surface area contributed by atoms with E-state index in [0.717, 1.165) is 32.4 Å². The molecule has 4 aromatic carbocycles. The van der Waals surface area contributed by atoms with Crippen molar-refractivity contribution >= 4 is 23.5 Å². The van der Waals surface area contributed by atoms with Crippen LogP contribution in [0.5, 0.6) is 11.5 Å². The number of hydrogen-bond acceptors (Lipinski definition) is 4. The average Bonchev–Trinajstić information content (AvgIpc) is 2.96. The molecule has 0 aromatic heterocycles. The minimum Gasteiger partial charge on any atom is -0.506 e. The van der Waals surface area contributed by atoms with Gasteiger partial charge in [0, 0.05) is 43.3 Å². The smallest absolute Gasteiger partial charge is 0.132 e. The second-order valence-corrected chi connectivity index (χ2v) is 17.2. The molecule has 44 heavy (non-hydrogen) atoms. The van der Waals surface area contributed by atoms with Crippen LogP contribution in [-0.4, -0.2) is 21.7 Å². The maximum atomic E-state index is 11.4. The first-order valence-electron chi connectivity index (χ1n) is 15.6. The zero-order chi connectivity index (χ0) is 32.5. The van der Waals surface area contributed by atoms with Gasteiger partial charge in [0.2, 0.25) is 0 Å². The molecule has 0 radical (unpaired) electrons. The summed E-state index contributed by atoms with van der Waals surface area (Å²) in [6.45, 7) is 22.0. The van der Waals surface area contributed by atoms with Gasteiger partial charge in [-0.3, -0.25) is 0 Å². The van der Waals surface area contributed by atoms with E-state index in [9.17, 15) is 10.2 Å². The van der Waals surface area contributed by atoms with Crippen LogP contribution in [0, 0.1) is 0 Å². The maximum absolute atomic E-state index is 11.4. The van der Waals surface area contributed by atoms with Gasteiger partial charge in [-0.25, -0.2) is 0 Å². The van der Waals surface area contributed by atoms with E-state index in [2.05, 4.69) is 154 Å². The Hall–Kier alpha value is -2.82. The van der Waals surface area contributed by atoms with Gasteiger partial charge in [0.25, 0.3) is 0 Å². The van der Waals surface area contributed by atoms with Gasteiger partial charge >= 0.3 is 0 Å². The summed E-state index contributed by atoms with van der Waals surface area (Å²) in [5.41, 5.74) is 6.03. The van der Waals surface area contributed by atoms with Crippen molar-refractivity contribution in [1.29, 1.82) is 0 Å². The molecule has 0 spiro atoms. The molecule has 0 saturated heterocycles. The van der Waals surface area contributed by atoms with E-state index in [4.69, 9.17) is 0 Å². The SMILES string of the molecule is CC(C)(C)c1cc(C(C)(C)c2ccccc2)cc(SCCSc2cc(C(C)(C)c3ccccc3)cc(C(C)(C)C)c2O)c1O.